The Morgan fingerprint density at radius 1 is 0.667 bits per heavy atom. The Labute approximate surface area is 405 Å². The minimum Gasteiger partial charge on any atom is -0.394 e. The number of rotatable bonds is 30. The van der Waals surface area contributed by atoms with Gasteiger partial charge >= 0.3 is 0 Å². The van der Waals surface area contributed by atoms with Crippen LogP contribution in [0.25, 0.3) is 11.1 Å². The average molecular weight is 994 g/mol. The molecule has 2 aromatic carbocycles. The fourth-order valence-corrected chi connectivity index (χ4v) is 7.30. The third-order valence-electron chi connectivity index (χ3n) is 11.2. The zero-order chi connectivity index (χ0) is 51.2. The predicted molar refractivity (Wildman–Crippen MR) is 255 cm³/mol. The van der Waals surface area contributed by atoms with E-state index >= 15 is 0 Å². The molecule has 3 amide bonds. The molecule has 24 heteroatoms. The summed E-state index contributed by atoms with van der Waals surface area (Å²) < 4.78 is 0. The average Bonchev–Trinajstić information content (AvgIpc) is 3.33. The second-order valence-electron chi connectivity index (χ2n) is 16.7. The molecule has 19 N–H and O–H groups in total. The van der Waals surface area contributed by atoms with E-state index in [0.29, 0.717) is 38.8 Å². The second kappa shape index (κ2) is 29.8. The number of aryl methyl sites for hydroxylation is 2. The van der Waals surface area contributed by atoms with Gasteiger partial charge in [0.1, 0.15) is 42.7 Å². The highest BCUT2D eigenvalue weighted by molar-refractivity contribution is 6.31. The maximum absolute atomic E-state index is 13.2. The van der Waals surface area contributed by atoms with Crippen LogP contribution in [0.15, 0.2) is 48.5 Å². The highest BCUT2D eigenvalue weighted by Gasteiger charge is 2.34. The lowest BCUT2D eigenvalue weighted by atomic mass is 9.99. The summed E-state index contributed by atoms with van der Waals surface area (Å²) in [5.41, 5.74) is 15.3. The number of nitrogens with one attached hydrogen (secondary N) is 5. The van der Waals surface area contributed by atoms with Gasteiger partial charge in [0.25, 0.3) is 5.91 Å². The van der Waals surface area contributed by atoms with Crippen molar-refractivity contribution in [3.05, 3.63) is 70.5 Å². The van der Waals surface area contributed by atoms with Gasteiger partial charge in [0.2, 0.25) is 11.8 Å². The molecule has 1 heterocycles. The van der Waals surface area contributed by atoms with E-state index in [9.17, 15) is 55.2 Å². The Morgan fingerprint density at radius 3 is 1.67 bits per heavy atom. The molecule has 0 saturated carbocycles. The van der Waals surface area contributed by atoms with Crippen molar-refractivity contribution in [2.75, 3.05) is 57.4 Å². The fourth-order valence-electron chi connectivity index (χ4n) is 7.17. The molecule has 0 radical (unpaired) electrons. The van der Waals surface area contributed by atoms with Gasteiger partial charge in [-0.25, -0.2) is 9.97 Å². The Bertz CT molecular complexity index is 2030. The molecule has 0 aliphatic carbocycles. The first-order valence-electron chi connectivity index (χ1n) is 22.6. The van der Waals surface area contributed by atoms with Crippen molar-refractivity contribution in [3.8, 4) is 11.1 Å². The van der Waals surface area contributed by atoms with E-state index in [1.165, 1.54) is 11.8 Å². The first-order chi connectivity index (χ1) is 32.7. The summed E-state index contributed by atoms with van der Waals surface area (Å²) in [5, 5.41) is 118. The van der Waals surface area contributed by atoms with E-state index < -0.39 is 98.9 Å². The lowest BCUT2D eigenvalue weighted by molar-refractivity contribution is -0.130. The molecule has 9 unspecified atom stereocenters. The van der Waals surface area contributed by atoms with E-state index in [4.69, 9.17) is 38.7 Å². The molecular weight excluding hydrogens is 924 g/mol. The van der Waals surface area contributed by atoms with Crippen LogP contribution in [0.2, 0.25) is 5.15 Å². The number of unbranched alkanes of at least 4 members (excludes halogenated alkanes) is 2. The largest absolute Gasteiger partial charge is 0.394 e. The maximum atomic E-state index is 13.2. The van der Waals surface area contributed by atoms with Gasteiger partial charge in [-0.1, -0.05) is 60.1 Å². The quantitative estimate of drug-likeness (QED) is 0.0181. The molecule has 0 spiro atoms. The molecule has 0 fully saturated rings. The summed E-state index contributed by atoms with van der Waals surface area (Å²) in [6, 6.07) is 15.5. The molecule has 69 heavy (non-hydrogen) atoms. The third-order valence-corrected chi connectivity index (χ3v) is 11.5. The van der Waals surface area contributed by atoms with E-state index in [-0.39, 0.29) is 41.4 Å². The van der Waals surface area contributed by atoms with Crippen LogP contribution in [-0.4, -0.2) is 190 Å². The minimum absolute atomic E-state index is 0.0704. The van der Waals surface area contributed by atoms with E-state index in [2.05, 4.69) is 55.5 Å². The number of aliphatic hydroxyl groups excluding tert-OH is 10. The van der Waals surface area contributed by atoms with Crippen LogP contribution in [0.4, 0.5) is 11.6 Å². The zero-order valence-corrected chi connectivity index (χ0v) is 39.2. The first kappa shape index (κ1) is 58.2. The van der Waals surface area contributed by atoms with Gasteiger partial charge in [-0.2, -0.15) is 0 Å². The van der Waals surface area contributed by atoms with Gasteiger partial charge in [0.15, 0.2) is 28.4 Å². The van der Waals surface area contributed by atoms with Crippen LogP contribution in [-0.2, 0) is 22.4 Å². The van der Waals surface area contributed by atoms with Crippen molar-refractivity contribution in [2.24, 2.45) is 0 Å². The number of nitrogen functional groups attached to an aromatic ring is 2. The van der Waals surface area contributed by atoms with E-state index in [1.54, 1.807) is 0 Å². The maximum Gasteiger partial charge on any atom is 0.280 e. The number of nitrogens with zero attached hydrogens (tertiary/aromatic N) is 3. The van der Waals surface area contributed by atoms with Crippen molar-refractivity contribution in [2.45, 2.75) is 113 Å². The Hall–Kier alpha value is -5.15. The Balaban J connectivity index is 1.42. The van der Waals surface area contributed by atoms with Crippen molar-refractivity contribution in [1.82, 2.24) is 36.1 Å². The highest BCUT2D eigenvalue weighted by atomic mass is 35.5. The van der Waals surface area contributed by atoms with E-state index in [1.807, 2.05) is 24.3 Å². The molecular formula is C45H69ClN10O13. The fraction of sp³-hybridized carbons (Fsp3) is 0.556. The van der Waals surface area contributed by atoms with Crippen molar-refractivity contribution >= 4 is 46.9 Å². The number of hydrogen-bond donors (Lipinski definition) is 17. The van der Waals surface area contributed by atoms with Gasteiger partial charge < -0.3 is 78.5 Å². The summed E-state index contributed by atoms with van der Waals surface area (Å²) in [6.45, 7) is -0.503. The lowest BCUT2D eigenvalue weighted by Gasteiger charge is -2.33. The summed E-state index contributed by atoms with van der Waals surface area (Å²) in [4.78, 5) is 46.5. The van der Waals surface area contributed by atoms with Crippen LogP contribution >= 0.6 is 11.6 Å². The van der Waals surface area contributed by atoms with Crippen LogP contribution in [0.1, 0.15) is 67.1 Å². The monoisotopic (exact) mass is 992 g/mol. The zero-order valence-electron chi connectivity index (χ0n) is 38.5. The number of halogens is 1. The van der Waals surface area contributed by atoms with Gasteiger partial charge in [-0.15, -0.1) is 0 Å². The lowest BCUT2D eigenvalue weighted by Crippen LogP contribution is -2.53. The Kier molecular flexibility index (Phi) is 25.1. The first-order valence-corrected chi connectivity index (χ1v) is 23.0. The van der Waals surface area contributed by atoms with Crippen LogP contribution in [0.3, 0.4) is 0 Å². The molecule has 0 bridgehead atoms. The normalized spacial score (nSPS) is 15.5. The van der Waals surface area contributed by atoms with Gasteiger partial charge in [-0.3, -0.25) is 30.0 Å². The molecule has 384 valence electrons. The smallest absolute Gasteiger partial charge is 0.280 e. The van der Waals surface area contributed by atoms with Gasteiger partial charge in [0.05, 0.1) is 25.4 Å². The highest BCUT2D eigenvalue weighted by Crippen LogP contribution is 2.22. The topological polar surface area (TPSA) is 407 Å². The Morgan fingerprint density at radius 2 is 1.16 bits per heavy atom. The number of benzene rings is 2. The number of hydrogen-bond acceptors (Lipinski definition) is 19. The van der Waals surface area contributed by atoms with Crippen LogP contribution in [0.5, 0.6) is 0 Å². The number of carbonyl (C=O) groups is 3. The third kappa shape index (κ3) is 19.6. The second-order valence-corrected chi connectivity index (χ2v) is 17.1. The molecule has 23 nitrogen and oxygen atoms in total. The number of aliphatic hydroxyl groups is 10. The van der Waals surface area contributed by atoms with Crippen molar-refractivity contribution in [3.63, 3.8) is 0 Å². The van der Waals surface area contributed by atoms with Crippen molar-refractivity contribution in [1.29, 1.82) is 5.41 Å². The summed E-state index contributed by atoms with van der Waals surface area (Å²) in [6.07, 6.45) is -10.1. The molecule has 3 aromatic rings. The van der Waals surface area contributed by atoms with Gasteiger partial charge in [0, 0.05) is 33.1 Å². The molecule has 9 atom stereocenters. The molecule has 1 aromatic heterocycles. The molecule has 0 aliphatic heterocycles. The number of aromatic nitrogens is 2. The number of guanidine groups is 1. The SMILES string of the molecule is CC(=O)NC(CCCCN(CC(O)C(O)C(O)C(O)CO)CC(O)C(O)C(O)C(O)CO)C(=O)NCCCc1ccc(-c2ccc(CCCCNC(=N)NC(=O)c3nc(Cl)c(N)nc3N)cc2)cc1. The number of nitrogens with two attached hydrogens (primary N) is 2. The standard InChI is InChI=1S/C45H69ClN10O13/c1-25(59)52-30(9-3-5-20-56(21-31(60)36(64)38(66)33(62)23-57)22-32(61)37(65)39(67)34(63)24-58)43(68)50-19-6-8-27-12-16-29(17-13-27)28-14-10-26(11-15-28)7-2-4-18-51-45(49)55-44(69)35-41(47)54-42(48)40(46)53-35/h10-17,30-34,36-39,57-58,60-67H,2-9,18-24H2,1H3,(H,50,68)(H,52,59)(H4,47,48,54)(H3,49,51,55,69). The predicted octanol–water partition coefficient (Wildman–Crippen LogP) is -2.86. The number of carbonyl (C=O) groups excluding carboxylic acids is 3. The molecule has 3 rings (SSSR count). The number of amides is 3. The van der Waals surface area contributed by atoms with E-state index in [0.717, 1.165) is 41.5 Å². The van der Waals surface area contributed by atoms with Crippen LogP contribution < -0.4 is 32.7 Å². The van der Waals surface area contributed by atoms with Crippen LogP contribution in [0, 0.1) is 5.41 Å². The summed E-state index contributed by atoms with van der Waals surface area (Å²) >= 11 is 5.83. The minimum atomic E-state index is -1.92. The molecule has 0 saturated heterocycles. The summed E-state index contributed by atoms with van der Waals surface area (Å²) in [5.74, 6) is -2.07. The van der Waals surface area contributed by atoms with Gasteiger partial charge in [-0.05, 0) is 80.2 Å². The van der Waals surface area contributed by atoms with Crippen molar-refractivity contribution < 1.29 is 65.4 Å². The summed E-state index contributed by atoms with van der Waals surface area (Å²) in [7, 11) is 0. The molecule has 0 aliphatic rings. The number of anilines is 2.